The van der Waals surface area contributed by atoms with Crippen molar-refractivity contribution in [1.82, 2.24) is 15.1 Å². The van der Waals surface area contributed by atoms with Gasteiger partial charge in [-0.25, -0.2) is 0 Å². The van der Waals surface area contributed by atoms with Gasteiger partial charge in [0.05, 0.1) is 29.0 Å². The second-order valence-corrected chi connectivity index (χ2v) is 5.76. The highest BCUT2D eigenvalue weighted by Gasteiger charge is 2.28. The van der Waals surface area contributed by atoms with Crippen molar-refractivity contribution in [3.63, 3.8) is 0 Å². The Balaban J connectivity index is 2.18. The zero-order valence-corrected chi connectivity index (χ0v) is 12.7. The maximum absolute atomic E-state index is 5.64. The minimum absolute atomic E-state index is 0.326. The van der Waals surface area contributed by atoms with Gasteiger partial charge in [-0.3, -0.25) is 4.68 Å². The molecule has 2 rings (SSSR count). The van der Waals surface area contributed by atoms with Gasteiger partial charge in [0.25, 0.3) is 0 Å². The zero-order chi connectivity index (χ0) is 13.0. The fourth-order valence-corrected chi connectivity index (χ4v) is 3.18. The fraction of sp³-hybridized carbons (Fsp3) is 0.769. The molecule has 1 N–H and O–H groups in total. The van der Waals surface area contributed by atoms with E-state index in [1.54, 1.807) is 0 Å². The zero-order valence-electron chi connectivity index (χ0n) is 11.2. The van der Waals surface area contributed by atoms with Crippen LogP contribution in [0.2, 0.25) is 0 Å². The molecule has 0 bridgehead atoms. The maximum atomic E-state index is 5.64. The Hall–Kier alpha value is -0.390. The summed E-state index contributed by atoms with van der Waals surface area (Å²) in [5, 5.41) is 7.98. The molecule has 1 aromatic heterocycles. The van der Waals surface area contributed by atoms with E-state index in [0.717, 1.165) is 37.1 Å². The van der Waals surface area contributed by atoms with Gasteiger partial charge in [-0.15, -0.1) is 0 Å². The highest BCUT2D eigenvalue weighted by Crippen LogP contribution is 2.32. The first-order chi connectivity index (χ1) is 8.74. The summed E-state index contributed by atoms with van der Waals surface area (Å²) in [5.74, 6) is 0.539. The molecule has 4 nitrogen and oxygen atoms in total. The molecule has 2 heterocycles. The van der Waals surface area contributed by atoms with Crippen LogP contribution >= 0.6 is 15.9 Å². The van der Waals surface area contributed by atoms with Crippen LogP contribution in [0.25, 0.3) is 0 Å². The van der Waals surface area contributed by atoms with Gasteiger partial charge in [0.1, 0.15) is 0 Å². The Bertz CT molecular complexity index is 355. The Morgan fingerprint density at radius 2 is 2.50 bits per heavy atom. The van der Waals surface area contributed by atoms with Crippen molar-refractivity contribution in [2.75, 3.05) is 19.8 Å². The first-order valence-electron chi connectivity index (χ1n) is 6.72. The van der Waals surface area contributed by atoms with Gasteiger partial charge in [-0.05, 0) is 41.7 Å². The van der Waals surface area contributed by atoms with Crippen molar-refractivity contribution in [1.29, 1.82) is 0 Å². The van der Waals surface area contributed by atoms with E-state index < -0.39 is 0 Å². The summed E-state index contributed by atoms with van der Waals surface area (Å²) in [6.45, 7) is 4.97. The first-order valence-corrected chi connectivity index (χ1v) is 7.51. The molecule has 1 aromatic rings. The lowest BCUT2D eigenvalue weighted by atomic mass is 9.91. The van der Waals surface area contributed by atoms with E-state index in [1.165, 1.54) is 12.1 Å². The van der Waals surface area contributed by atoms with Gasteiger partial charge in [-0.1, -0.05) is 6.92 Å². The third-order valence-electron chi connectivity index (χ3n) is 3.51. The Kier molecular flexibility index (Phi) is 5.21. The molecule has 2 atom stereocenters. The minimum atomic E-state index is 0.326. The molecule has 0 saturated carbocycles. The molecule has 0 aromatic carbocycles. The first kappa shape index (κ1) is 14.0. The summed E-state index contributed by atoms with van der Waals surface area (Å²) >= 11 is 3.61. The lowest BCUT2D eigenvalue weighted by molar-refractivity contribution is 0.0377. The number of hydrogen-bond acceptors (Lipinski definition) is 3. The van der Waals surface area contributed by atoms with Crippen LogP contribution in [0.3, 0.4) is 0 Å². The van der Waals surface area contributed by atoms with E-state index >= 15 is 0 Å². The van der Waals surface area contributed by atoms with Crippen LogP contribution in [0.15, 0.2) is 10.7 Å². The highest BCUT2D eigenvalue weighted by molar-refractivity contribution is 9.10. The van der Waals surface area contributed by atoms with Crippen LogP contribution in [-0.2, 0) is 11.8 Å². The van der Waals surface area contributed by atoms with Gasteiger partial charge in [0, 0.05) is 19.6 Å². The van der Waals surface area contributed by atoms with Crippen molar-refractivity contribution in [3.8, 4) is 0 Å². The lowest BCUT2D eigenvalue weighted by Gasteiger charge is -2.31. The number of nitrogens with one attached hydrogen (secondary N) is 1. The summed E-state index contributed by atoms with van der Waals surface area (Å²) in [6, 6.07) is 0.326. The van der Waals surface area contributed by atoms with E-state index in [-0.39, 0.29) is 0 Å². The van der Waals surface area contributed by atoms with E-state index in [0.29, 0.717) is 12.0 Å². The molecular formula is C13H22BrN3O. The molecule has 0 aliphatic carbocycles. The molecule has 0 radical (unpaired) electrons. The van der Waals surface area contributed by atoms with Crippen molar-refractivity contribution in [3.05, 3.63) is 16.4 Å². The van der Waals surface area contributed by atoms with Gasteiger partial charge >= 0.3 is 0 Å². The number of rotatable bonds is 5. The molecule has 1 saturated heterocycles. The third-order valence-corrected chi connectivity index (χ3v) is 4.12. The highest BCUT2D eigenvalue weighted by atomic mass is 79.9. The second kappa shape index (κ2) is 6.68. The van der Waals surface area contributed by atoms with E-state index in [1.807, 2.05) is 17.9 Å². The standard InChI is InChI=1S/C13H22BrN3O/c1-3-6-15-12(10-5-4-7-18-9-10)13-11(14)8-16-17(13)2/h8,10,12,15H,3-7,9H2,1-2H3. The molecule has 1 fully saturated rings. The molecule has 1 aliphatic rings. The molecular weight excluding hydrogens is 294 g/mol. The number of nitrogens with zero attached hydrogens (tertiary/aromatic N) is 2. The normalized spacial score (nSPS) is 22.1. The average Bonchev–Trinajstić information content (AvgIpc) is 2.72. The predicted molar refractivity (Wildman–Crippen MR) is 75.5 cm³/mol. The van der Waals surface area contributed by atoms with Crippen LogP contribution in [-0.4, -0.2) is 29.5 Å². The second-order valence-electron chi connectivity index (χ2n) is 4.91. The van der Waals surface area contributed by atoms with Crippen LogP contribution in [0.1, 0.15) is 37.9 Å². The quantitative estimate of drug-likeness (QED) is 0.908. The van der Waals surface area contributed by atoms with Crippen molar-refractivity contribution < 1.29 is 4.74 Å². The number of halogens is 1. The number of aromatic nitrogens is 2. The van der Waals surface area contributed by atoms with Gasteiger partial charge < -0.3 is 10.1 Å². The largest absolute Gasteiger partial charge is 0.381 e. The fourth-order valence-electron chi connectivity index (χ4n) is 2.58. The molecule has 102 valence electrons. The summed E-state index contributed by atoms with van der Waals surface area (Å²) in [5.41, 5.74) is 1.24. The predicted octanol–water partition coefficient (Wildman–Crippen LogP) is 2.65. The Labute approximate surface area is 117 Å². The van der Waals surface area contributed by atoms with Gasteiger partial charge in [-0.2, -0.15) is 5.10 Å². The van der Waals surface area contributed by atoms with Crippen molar-refractivity contribution >= 4 is 15.9 Å². The average molecular weight is 316 g/mol. The Morgan fingerprint density at radius 1 is 1.67 bits per heavy atom. The van der Waals surface area contributed by atoms with Gasteiger partial charge in [0.2, 0.25) is 0 Å². The smallest absolute Gasteiger partial charge is 0.0696 e. The van der Waals surface area contributed by atoms with Crippen molar-refractivity contribution in [2.45, 2.75) is 32.2 Å². The van der Waals surface area contributed by atoms with E-state index in [9.17, 15) is 0 Å². The summed E-state index contributed by atoms with van der Waals surface area (Å²) in [7, 11) is 2.00. The Morgan fingerprint density at radius 3 is 3.06 bits per heavy atom. The van der Waals surface area contributed by atoms with E-state index in [4.69, 9.17) is 4.74 Å². The lowest BCUT2D eigenvalue weighted by Crippen LogP contribution is -2.35. The summed E-state index contributed by atoms with van der Waals surface area (Å²) in [4.78, 5) is 0. The van der Waals surface area contributed by atoms with E-state index in [2.05, 4.69) is 33.3 Å². The minimum Gasteiger partial charge on any atom is -0.381 e. The van der Waals surface area contributed by atoms with Crippen LogP contribution < -0.4 is 5.32 Å². The molecule has 2 unspecified atom stereocenters. The molecule has 1 aliphatic heterocycles. The van der Waals surface area contributed by atoms with Crippen LogP contribution in [0.5, 0.6) is 0 Å². The van der Waals surface area contributed by atoms with Crippen molar-refractivity contribution in [2.24, 2.45) is 13.0 Å². The van der Waals surface area contributed by atoms with Gasteiger partial charge in [0.15, 0.2) is 0 Å². The van der Waals surface area contributed by atoms with Crippen LogP contribution in [0.4, 0.5) is 0 Å². The number of ether oxygens (including phenoxy) is 1. The van der Waals surface area contributed by atoms with Crippen LogP contribution in [0, 0.1) is 5.92 Å². The topological polar surface area (TPSA) is 39.1 Å². The number of aryl methyl sites for hydroxylation is 1. The monoisotopic (exact) mass is 315 g/mol. The molecule has 5 heteroatoms. The summed E-state index contributed by atoms with van der Waals surface area (Å²) in [6.07, 6.45) is 5.39. The molecule has 18 heavy (non-hydrogen) atoms. The molecule has 0 amide bonds. The number of hydrogen-bond donors (Lipinski definition) is 1. The third kappa shape index (κ3) is 3.13. The summed E-state index contributed by atoms with van der Waals surface area (Å²) < 4.78 is 8.69. The SMILES string of the molecule is CCCNC(c1c(Br)cnn1C)C1CCCOC1. The maximum Gasteiger partial charge on any atom is 0.0696 e. The molecule has 0 spiro atoms.